The van der Waals surface area contributed by atoms with Gasteiger partial charge in [-0.25, -0.2) is 0 Å². The molecule has 1 fully saturated rings. The quantitative estimate of drug-likeness (QED) is 0.589. The van der Waals surface area contributed by atoms with Crippen molar-refractivity contribution < 1.29 is 14.3 Å². The number of carbonyl (C=O) groups is 1. The number of hydrogen-bond donors (Lipinski definition) is 0. The van der Waals surface area contributed by atoms with E-state index in [0.29, 0.717) is 18.1 Å². The number of ether oxygens (including phenoxy) is 2. The lowest BCUT2D eigenvalue weighted by Crippen LogP contribution is -2.28. The van der Waals surface area contributed by atoms with Gasteiger partial charge in [0.25, 0.3) is 0 Å². The van der Waals surface area contributed by atoms with Crippen LogP contribution in [-0.2, 0) is 11.4 Å². The smallest absolute Gasteiger partial charge is 0.238 e. The lowest BCUT2D eigenvalue weighted by molar-refractivity contribution is -0.115. The van der Waals surface area contributed by atoms with Crippen LogP contribution in [-0.4, -0.2) is 18.8 Å². The van der Waals surface area contributed by atoms with Crippen molar-refractivity contribution in [3.05, 3.63) is 90.0 Å². The van der Waals surface area contributed by atoms with Gasteiger partial charge in [-0.05, 0) is 35.4 Å². The Morgan fingerprint density at radius 1 is 0.964 bits per heavy atom. The third-order valence-corrected chi connectivity index (χ3v) is 5.84. The molecule has 3 aromatic rings. The van der Waals surface area contributed by atoms with Crippen LogP contribution in [0.5, 0.6) is 11.5 Å². The van der Waals surface area contributed by atoms with Crippen LogP contribution in [0.15, 0.2) is 78.9 Å². The SMILES string of the molecule is COc1ccccc1N1C(=O)CS[C@H]1c1ccc(OCc2ccccc2)cc1. The van der Waals surface area contributed by atoms with Crippen LogP contribution in [0.25, 0.3) is 0 Å². The number of carbonyl (C=O) groups excluding carboxylic acids is 1. The molecule has 1 amide bonds. The number of amides is 1. The molecule has 0 saturated carbocycles. The maximum atomic E-state index is 12.6. The van der Waals surface area contributed by atoms with Crippen molar-refractivity contribution in [2.24, 2.45) is 0 Å². The minimum Gasteiger partial charge on any atom is -0.495 e. The topological polar surface area (TPSA) is 38.8 Å². The Morgan fingerprint density at radius 2 is 1.68 bits per heavy atom. The largest absolute Gasteiger partial charge is 0.495 e. The Morgan fingerprint density at radius 3 is 2.43 bits per heavy atom. The van der Waals surface area contributed by atoms with Crippen molar-refractivity contribution >= 4 is 23.4 Å². The van der Waals surface area contributed by atoms with Crippen LogP contribution >= 0.6 is 11.8 Å². The molecule has 4 rings (SSSR count). The van der Waals surface area contributed by atoms with E-state index in [0.717, 1.165) is 22.6 Å². The van der Waals surface area contributed by atoms with Crippen molar-refractivity contribution in [3.63, 3.8) is 0 Å². The van der Waals surface area contributed by atoms with Crippen LogP contribution in [0.1, 0.15) is 16.5 Å². The van der Waals surface area contributed by atoms with Gasteiger partial charge in [0.05, 0.1) is 18.6 Å². The fraction of sp³-hybridized carbons (Fsp3) is 0.174. The van der Waals surface area contributed by atoms with E-state index in [9.17, 15) is 4.79 Å². The number of hydrogen-bond acceptors (Lipinski definition) is 4. The first-order valence-corrected chi connectivity index (χ1v) is 10.1. The molecule has 0 N–H and O–H groups in total. The van der Waals surface area contributed by atoms with Gasteiger partial charge in [0.2, 0.25) is 5.91 Å². The van der Waals surface area contributed by atoms with Crippen LogP contribution in [0.4, 0.5) is 5.69 Å². The van der Waals surface area contributed by atoms with E-state index in [-0.39, 0.29) is 11.3 Å². The van der Waals surface area contributed by atoms with Crippen molar-refractivity contribution in [3.8, 4) is 11.5 Å². The molecule has 1 saturated heterocycles. The Bertz CT molecular complexity index is 944. The molecular weight excluding hydrogens is 370 g/mol. The number of thioether (sulfide) groups is 1. The second-order valence-electron chi connectivity index (χ2n) is 6.44. The van der Waals surface area contributed by atoms with Gasteiger partial charge in [0.15, 0.2) is 0 Å². The van der Waals surface area contributed by atoms with Gasteiger partial charge in [-0.3, -0.25) is 9.69 Å². The van der Waals surface area contributed by atoms with Crippen LogP contribution in [0.3, 0.4) is 0 Å². The average molecular weight is 391 g/mol. The number of anilines is 1. The highest BCUT2D eigenvalue weighted by atomic mass is 32.2. The van der Waals surface area contributed by atoms with Crippen LogP contribution < -0.4 is 14.4 Å². The molecule has 3 aromatic carbocycles. The molecule has 0 bridgehead atoms. The summed E-state index contributed by atoms with van der Waals surface area (Å²) in [6.07, 6.45) is 0. The lowest BCUT2D eigenvalue weighted by Gasteiger charge is -2.26. The van der Waals surface area contributed by atoms with Crippen molar-refractivity contribution in [1.29, 1.82) is 0 Å². The second kappa shape index (κ2) is 8.40. The predicted molar refractivity (Wildman–Crippen MR) is 113 cm³/mol. The first kappa shape index (κ1) is 18.4. The summed E-state index contributed by atoms with van der Waals surface area (Å²) in [7, 11) is 1.63. The van der Waals surface area contributed by atoms with Gasteiger partial charge in [-0.15, -0.1) is 11.8 Å². The first-order chi connectivity index (χ1) is 13.8. The van der Waals surface area contributed by atoms with Gasteiger partial charge in [-0.2, -0.15) is 0 Å². The average Bonchev–Trinajstić information content (AvgIpc) is 3.14. The number of para-hydroxylation sites is 2. The van der Waals surface area contributed by atoms with Gasteiger partial charge >= 0.3 is 0 Å². The molecule has 0 aliphatic carbocycles. The highest BCUT2D eigenvalue weighted by Crippen LogP contribution is 2.44. The minimum atomic E-state index is -0.0769. The molecule has 5 heteroatoms. The summed E-state index contributed by atoms with van der Waals surface area (Å²) < 4.78 is 11.3. The molecule has 0 spiro atoms. The molecule has 142 valence electrons. The standard InChI is InChI=1S/C23H21NO3S/c1-26-21-10-6-5-9-20(21)24-22(25)16-28-23(24)18-11-13-19(14-12-18)27-15-17-7-3-2-4-8-17/h2-14,23H,15-16H2,1H3/t23-/m0/s1. The Labute approximate surface area is 169 Å². The van der Waals surface area contributed by atoms with Gasteiger partial charge < -0.3 is 9.47 Å². The molecule has 1 aliphatic rings. The van der Waals surface area contributed by atoms with E-state index in [2.05, 4.69) is 0 Å². The van der Waals surface area contributed by atoms with Crippen LogP contribution in [0, 0.1) is 0 Å². The molecule has 28 heavy (non-hydrogen) atoms. The van der Waals surface area contributed by atoms with E-state index >= 15 is 0 Å². The summed E-state index contributed by atoms with van der Waals surface area (Å²) >= 11 is 1.62. The highest BCUT2D eigenvalue weighted by Gasteiger charge is 2.35. The fourth-order valence-electron chi connectivity index (χ4n) is 3.23. The summed E-state index contributed by atoms with van der Waals surface area (Å²) in [6.45, 7) is 0.532. The number of benzene rings is 3. The van der Waals surface area contributed by atoms with E-state index < -0.39 is 0 Å². The number of nitrogens with zero attached hydrogens (tertiary/aromatic N) is 1. The summed E-state index contributed by atoms with van der Waals surface area (Å²) in [4.78, 5) is 14.4. The first-order valence-electron chi connectivity index (χ1n) is 9.09. The van der Waals surface area contributed by atoms with E-state index in [1.54, 1.807) is 18.9 Å². The zero-order chi connectivity index (χ0) is 19.3. The van der Waals surface area contributed by atoms with E-state index in [4.69, 9.17) is 9.47 Å². The van der Waals surface area contributed by atoms with Crippen LogP contribution in [0.2, 0.25) is 0 Å². The summed E-state index contributed by atoms with van der Waals surface area (Å²) in [6, 6.07) is 25.7. The summed E-state index contributed by atoms with van der Waals surface area (Å²) in [5, 5.41) is -0.0769. The molecule has 0 radical (unpaired) electrons. The second-order valence-corrected chi connectivity index (χ2v) is 7.51. The van der Waals surface area contributed by atoms with Crippen molar-refractivity contribution in [1.82, 2.24) is 0 Å². The van der Waals surface area contributed by atoms with Gasteiger partial charge in [0.1, 0.15) is 23.5 Å². The zero-order valence-corrected chi connectivity index (χ0v) is 16.4. The zero-order valence-electron chi connectivity index (χ0n) is 15.6. The van der Waals surface area contributed by atoms with Gasteiger partial charge in [0, 0.05) is 0 Å². The molecule has 4 nitrogen and oxygen atoms in total. The molecular formula is C23H21NO3S. The third-order valence-electron chi connectivity index (χ3n) is 4.63. The monoisotopic (exact) mass is 391 g/mol. The number of methoxy groups -OCH3 is 1. The number of rotatable bonds is 6. The van der Waals surface area contributed by atoms with E-state index in [1.807, 2.05) is 83.8 Å². The maximum absolute atomic E-state index is 12.6. The molecule has 0 aromatic heterocycles. The van der Waals surface area contributed by atoms with Gasteiger partial charge in [-0.1, -0.05) is 54.6 Å². The fourth-order valence-corrected chi connectivity index (χ4v) is 4.40. The Balaban J connectivity index is 1.52. The normalized spacial score (nSPS) is 16.2. The highest BCUT2D eigenvalue weighted by molar-refractivity contribution is 8.00. The lowest BCUT2D eigenvalue weighted by atomic mass is 10.1. The molecule has 1 atom stereocenters. The summed E-state index contributed by atoms with van der Waals surface area (Å²) in [5.41, 5.74) is 2.99. The minimum absolute atomic E-state index is 0.0769. The molecule has 1 aliphatic heterocycles. The molecule has 1 heterocycles. The maximum Gasteiger partial charge on any atom is 0.238 e. The predicted octanol–water partition coefficient (Wildman–Crippen LogP) is 5.05. The molecule has 0 unspecified atom stereocenters. The summed E-state index contributed by atoms with van der Waals surface area (Å²) in [5.74, 6) is 2.05. The third kappa shape index (κ3) is 3.85. The van der Waals surface area contributed by atoms with Crippen molar-refractivity contribution in [2.75, 3.05) is 17.8 Å². The Kier molecular flexibility index (Phi) is 5.53. The van der Waals surface area contributed by atoms with Crippen molar-refractivity contribution in [2.45, 2.75) is 12.0 Å². The van der Waals surface area contributed by atoms with E-state index in [1.165, 1.54) is 0 Å². The Hall–Kier alpha value is -2.92.